The number of aliphatic imine (C=N–C) groups is 1. The molecule has 1 aromatic carbocycles. The predicted molar refractivity (Wildman–Crippen MR) is 107 cm³/mol. The summed E-state index contributed by atoms with van der Waals surface area (Å²) in [5.74, 6) is 0.784. The standard InChI is InChI=1S/C20H23F3N4S/c1-24-19(25-10-7-18-26-17(14-28-18)20(21,22)23)27-11-8-16(9-12-27)13-15-5-3-2-4-6-15/h2-6,13-14H,7-12H2,1H3,(H,24,25). The van der Waals surface area contributed by atoms with E-state index in [1.54, 1.807) is 7.05 Å². The monoisotopic (exact) mass is 408 g/mol. The molecule has 1 aromatic heterocycles. The third kappa shape index (κ3) is 5.58. The molecule has 2 heterocycles. The zero-order valence-corrected chi connectivity index (χ0v) is 16.5. The fraction of sp³-hybridized carbons (Fsp3) is 0.400. The minimum absolute atomic E-state index is 0.437. The fourth-order valence-corrected chi connectivity index (χ4v) is 3.91. The lowest BCUT2D eigenvalue weighted by molar-refractivity contribution is -0.140. The normalized spacial score (nSPS) is 15.6. The van der Waals surface area contributed by atoms with E-state index in [4.69, 9.17) is 0 Å². The molecule has 8 heteroatoms. The minimum Gasteiger partial charge on any atom is -0.356 e. The van der Waals surface area contributed by atoms with Crippen molar-refractivity contribution in [3.05, 3.63) is 57.6 Å². The van der Waals surface area contributed by atoms with E-state index in [9.17, 15) is 13.2 Å². The Hall–Kier alpha value is -2.35. The molecule has 0 aliphatic carbocycles. The summed E-state index contributed by atoms with van der Waals surface area (Å²) in [4.78, 5) is 10.2. The van der Waals surface area contributed by atoms with Crippen LogP contribution in [0.1, 0.15) is 29.1 Å². The molecule has 0 amide bonds. The Bertz CT molecular complexity index is 817. The lowest BCUT2D eigenvalue weighted by atomic mass is 10.0. The van der Waals surface area contributed by atoms with E-state index in [2.05, 4.69) is 38.4 Å². The number of thiazole rings is 1. The molecule has 150 valence electrons. The first-order valence-electron chi connectivity index (χ1n) is 9.17. The maximum atomic E-state index is 12.6. The first-order valence-corrected chi connectivity index (χ1v) is 10.1. The van der Waals surface area contributed by atoms with Crippen LogP contribution in [0.5, 0.6) is 0 Å². The maximum Gasteiger partial charge on any atom is 0.434 e. The third-order valence-corrected chi connectivity index (χ3v) is 5.46. The van der Waals surface area contributed by atoms with Gasteiger partial charge >= 0.3 is 6.18 Å². The number of benzene rings is 1. The summed E-state index contributed by atoms with van der Waals surface area (Å²) in [6, 6.07) is 10.3. The van der Waals surface area contributed by atoms with Gasteiger partial charge in [-0.15, -0.1) is 11.3 Å². The second kappa shape index (κ2) is 9.23. The second-order valence-corrected chi connectivity index (χ2v) is 7.49. The molecule has 0 bridgehead atoms. The third-order valence-electron chi connectivity index (χ3n) is 4.55. The van der Waals surface area contributed by atoms with E-state index in [1.807, 2.05) is 18.2 Å². The molecular formula is C20H23F3N4S. The highest BCUT2D eigenvalue weighted by molar-refractivity contribution is 7.09. The lowest BCUT2D eigenvalue weighted by Crippen LogP contribution is -2.45. The van der Waals surface area contributed by atoms with Crippen LogP contribution in [0.15, 0.2) is 46.3 Å². The number of nitrogens with one attached hydrogen (secondary N) is 1. The van der Waals surface area contributed by atoms with Gasteiger partial charge in [0.15, 0.2) is 11.7 Å². The van der Waals surface area contributed by atoms with Crippen molar-refractivity contribution < 1.29 is 13.2 Å². The molecule has 0 atom stereocenters. The number of hydrogen-bond acceptors (Lipinski definition) is 3. The van der Waals surface area contributed by atoms with Crippen LogP contribution in [0.4, 0.5) is 13.2 Å². The van der Waals surface area contributed by atoms with Crippen LogP contribution >= 0.6 is 11.3 Å². The molecule has 2 aromatic rings. The van der Waals surface area contributed by atoms with Crippen molar-refractivity contribution in [1.82, 2.24) is 15.2 Å². The van der Waals surface area contributed by atoms with Crippen LogP contribution in [0.2, 0.25) is 0 Å². The number of nitrogens with zero attached hydrogens (tertiary/aromatic N) is 3. The van der Waals surface area contributed by atoms with Gasteiger partial charge in [0, 0.05) is 38.5 Å². The summed E-state index contributed by atoms with van der Waals surface area (Å²) in [5.41, 5.74) is 1.82. The summed E-state index contributed by atoms with van der Waals surface area (Å²) >= 11 is 1.04. The van der Waals surface area contributed by atoms with Gasteiger partial charge in [-0.2, -0.15) is 13.2 Å². The number of halogens is 3. The van der Waals surface area contributed by atoms with Gasteiger partial charge in [-0.3, -0.25) is 4.99 Å². The first-order chi connectivity index (χ1) is 13.5. The van der Waals surface area contributed by atoms with Gasteiger partial charge in [-0.1, -0.05) is 42.0 Å². The van der Waals surface area contributed by atoms with Gasteiger partial charge in [0.1, 0.15) is 0 Å². The SMILES string of the molecule is CN=C(NCCc1nc(C(F)(F)F)cs1)N1CCC(=Cc2ccccc2)CC1. The van der Waals surface area contributed by atoms with Crippen molar-refractivity contribution in [1.29, 1.82) is 0 Å². The minimum atomic E-state index is -4.38. The van der Waals surface area contributed by atoms with Crippen molar-refractivity contribution in [3.8, 4) is 0 Å². The van der Waals surface area contributed by atoms with E-state index in [-0.39, 0.29) is 0 Å². The van der Waals surface area contributed by atoms with Crippen molar-refractivity contribution in [2.75, 3.05) is 26.7 Å². The Kier molecular flexibility index (Phi) is 6.72. The Labute approximate surface area is 166 Å². The van der Waals surface area contributed by atoms with Crippen molar-refractivity contribution >= 4 is 23.4 Å². The summed E-state index contributed by atoms with van der Waals surface area (Å²) in [5, 5.41) is 4.78. The molecule has 0 unspecified atom stereocenters. The van der Waals surface area contributed by atoms with E-state index >= 15 is 0 Å². The van der Waals surface area contributed by atoms with Crippen molar-refractivity contribution in [3.63, 3.8) is 0 Å². The van der Waals surface area contributed by atoms with Gasteiger partial charge < -0.3 is 10.2 Å². The highest BCUT2D eigenvalue weighted by atomic mass is 32.1. The number of aromatic nitrogens is 1. The molecule has 1 aliphatic rings. The first kappa shape index (κ1) is 20.4. The Morgan fingerprint density at radius 1 is 1.25 bits per heavy atom. The molecule has 0 spiro atoms. The highest BCUT2D eigenvalue weighted by Crippen LogP contribution is 2.30. The van der Waals surface area contributed by atoms with E-state index < -0.39 is 11.9 Å². The quantitative estimate of drug-likeness (QED) is 0.600. The highest BCUT2D eigenvalue weighted by Gasteiger charge is 2.33. The average molecular weight is 408 g/mol. The fourth-order valence-electron chi connectivity index (χ4n) is 3.10. The largest absolute Gasteiger partial charge is 0.434 e. The summed E-state index contributed by atoms with van der Waals surface area (Å²) < 4.78 is 37.8. The predicted octanol–water partition coefficient (Wildman–Crippen LogP) is 4.46. The number of alkyl halides is 3. The van der Waals surface area contributed by atoms with Crippen LogP contribution in [-0.2, 0) is 12.6 Å². The summed E-state index contributed by atoms with van der Waals surface area (Å²) in [6.45, 7) is 2.24. The molecular weight excluding hydrogens is 385 g/mol. The van der Waals surface area contributed by atoms with Crippen LogP contribution in [0.25, 0.3) is 6.08 Å². The van der Waals surface area contributed by atoms with Crippen molar-refractivity contribution in [2.45, 2.75) is 25.4 Å². The zero-order valence-electron chi connectivity index (χ0n) is 15.7. The average Bonchev–Trinajstić information content (AvgIpc) is 3.16. The molecule has 1 fully saturated rings. The number of piperidine rings is 1. The molecule has 3 rings (SSSR count). The molecule has 0 saturated carbocycles. The van der Waals surface area contributed by atoms with E-state index in [1.165, 1.54) is 11.1 Å². The topological polar surface area (TPSA) is 40.5 Å². The van der Waals surface area contributed by atoms with Crippen LogP contribution in [0.3, 0.4) is 0 Å². The molecule has 4 nitrogen and oxygen atoms in total. The summed E-state index contributed by atoms with van der Waals surface area (Å²) in [7, 11) is 1.73. The van der Waals surface area contributed by atoms with Gasteiger partial charge in [-0.25, -0.2) is 4.98 Å². The van der Waals surface area contributed by atoms with Gasteiger partial charge in [-0.05, 0) is 18.4 Å². The molecule has 1 N–H and O–H groups in total. The van der Waals surface area contributed by atoms with Gasteiger partial charge in [0.25, 0.3) is 0 Å². The number of rotatable bonds is 4. The van der Waals surface area contributed by atoms with Gasteiger partial charge in [0.05, 0.1) is 5.01 Å². The van der Waals surface area contributed by atoms with E-state index in [0.717, 1.165) is 48.6 Å². The van der Waals surface area contributed by atoms with Crippen LogP contribution in [0, 0.1) is 0 Å². The van der Waals surface area contributed by atoms with Crippen LogP contribution in [-0.4, -0.2) is 42.5 Å². The molecule has 1 aliphatic heterocycles. The van der Waals surface area contributed by atoms with E-state index in [0.29, 0.717) is 18.0 Å². The maximum absolute atomic E-state index is 12.6. The number of likely N-dealkylation sites (tertiary alicyclic amines) is 1. The smallest absolute Gasteiger partial charge is 0.356 e. The van der Waals surface area contributed by atoms with Crippen molar-refractivity contribution in [2.24, 2.45) is 4.99 Å². The molecule has 0 radical (unpaired) electrons. The summed E-state index contributed by atoms with van der Waals surface area (Å²) in [6.07, 6.45) is 0.242. The molecule has 1 saturated heterocycles. The zero-order chi connectivity index (χ0) is 20.0. The Morgan fingerprint density at radius 2 is 1.96 bits per heavy atom. The second-order valence-electron chi connectivity index (χ2n) is 6.55. The van der Waals surface area contributed by atoms with Crippen LogP contribution < -0.4 is 5.32 Å². The van der Waals surface area contributed by atoms with Gasteiger partial charge in [0.2, 0.25) is 0 Å². The number of hydrogen-bond donors (Lipinski definition) is 1. The Balaban J connectivity index is 1.47. The molecule has 28 heavy (non-hydrogen) atoms. The number of guanidine groups is 1. The lowest BCUT2D eigenvalue weighted by Gasteiger charge is -2.31. The Morgan fingerprint density at radius 3 is 2.57 bits per heavy atom.